The van der Waals surface area contributed by atoms with Gasteiger partial charge in [-0.2, -0.15) is 0 Å². The molecule has 0 radical (unpaired) electrons. The highest BCUT2D eigenvalue weighted by molar-refractivity contribution is 6.01. The topological polar surface area (TPSA) is 65.1 Å². The average Bonchev–Trinajstić information content (AvgIpc) is 2.87. The minimum absolute atomic E-state index is 0.125. The van der Waals surface area contributed by atoms with Gasteiger partial charge in [0.15, 0.2) is 0 Å². The summed E-state index contributed by atoms with van der Waals surface area (Å²) in [7, 11) is 3.72. The van der Waals surface area contributed by atoms with Crippen LogP contribution in [0.3, 0.4) is 0 Å². The Morgan fingerprint density at radius 1 is 1.06 bits per heavy atom. The zero-order valence-electron chi connectivity index (χ0n) is 20.6. The summed E-state index contributed by atoms with van der Waals surface area (Å²) in [6.45, 7) is 6.39. The van der Waals surface area contributed by atoms with Gasteiger partial charge in [-0.1, -0.05) is 30.3 Å². The molecule has 2 heterocycles. The largest absolute Gasteiger partial charge is 0.383 e. The van der Waals surface area contributed by atoms with Crippen molar-refractivity contribution >= 4 is 11.8 Å². The van der Waals surface area contributed by atoms with Crippen LogP contribution in [-0.4, -0.2) is 93.1 Å². The maximum absolute atomic E-state index is 13.7. The van der Waals surface area contributed by atoms with Crippen LogP contribution in [0.5, 0.6) is 0 Å². The van der Waals surface area contributed by atoms with Crippen LogP contribution in [0.4, 0.5) is 4.39 Å². The van der Waals surface area contributed by atoms with Crippen molar-refractivity contribution < 1.29 is 18.7 Å². The second-order valence-electron chi connectivity index (χ2n) is 9.34. The van der Waals surface area contributed by atoms with Crippen molar-refractivity contribution in [1.29, 1.82) is 0 Å². The van der Waals surface area contributed by atoms with E-state index in [9.17, 15) is 14.0 Å². The number of likely N-dealkylation sites (N-methyl/N-ethyl adjacent to an activating group) is 1. The van der Waals surface area contributed by atoms with E-state index in [4.69, 9.17) is 4.74 Å². The van der Waals surface area contributed by atoms with Gasteiger partial charge >= 0.3 is 0 Å². The van der Waals surface area contributed by atoms with E-state index >= 15 is 0 Å². The third-order valence-electron chi connectivity index (χ3n) is 7.02. The molecule has 0 aliphatic carbocycles. The number of methoxy groups -OCH3 is 1. The quantitative estimate of drug-likeness (QED) is 0.557. The molecule has 2 amide bonds. The SMILES string of the molecule is COCCN1C(=O)c2ccccc2C(C(=O)NCCCN2CCN(C)CC2)C1c1ccc(F)cc1. The Morgan fingerprint density at radius 2 is 1.77 bits per heavy atom. The molecule has 35 heavy (non-hydrogen) atoms. The van der Waals surface area contributed by atoms with Crippen LogP contribution < -0.4 is 5.32 Å². The molecule has 0 aromatic heterocycles. The number of carbonyl (C=O) groups is 2. The molecule has 0 saturated carbocycles. The number of nitrogens with one attached hydrogen (secondary N) is 1. The van der Waals surface area contributed by atoms with E-state index in [0.717, 1.165) is 44.7 Å². The molecule has 0 spiro atoms. The maximum atomic E-state index is 13.7. The fraction of sp³-hybridized carbons (Fsp3) is 0.481. The first-order valence-electron chi connectivity index (χ1n) is 12.3. The van der Waals surface area contributed by atoms with Gasteiger partial charge in [-0.05, 0) is 49.3 Å². The maximum Gasteiger partial charge on any atom is 0.254 e. The molecule has 1 N–H and O–H groups in total. The number of ether oxygens (including phenoxy) is 1. The molecular weight excluding hydrogens is 447 g/mol. The summed E-state index contributed by atoms with van der Waals surface area (Å²) in [4.78, 5) is 33.6. The zero-order chi connectivity index (χ0) is 24.8. The predicted octanol–water partition coefficient (Wildman–Crippen LogP) is 2.51. The lowest BCUT2D eigenvalue weighted by Gasteiger charge is -2.41. The molecule has 8 heteroatoms. The van der Waals surface area contributed by atoms with Crippen LogP contribution in [0.25, 0.3) is 0 Å². The van der Waals surface area contributed by atoms with E-state index in [0.29, 0.717) is 30.8 Å². The van der Waals surface area contributed by atoms with E-state index in [1.165, 1.54) is 12.1 Å². The van der Waals surface area contributed by atoms with Crippen molar-refractivity contribution in [3.8, 4) is 0 Å². The number of carbonyl (C=O) groups excluding carboxylic acids is 2. The molecule has 4 rings (SSSR count). The number of fused-ring (bicyclic) bond motifs is 1. The number of hydrogen-bond acceptors (Lipinski definition) is 5. The van der Waals surface area contributed by atoms with Crippen molar-refractivity contribution in [3.63, 3.8) is 0 Å². The summed E-state index contributed by atoms with van der Waals surface area (Å²) in [5, 5.41) is 3.12. The number of benzene rings is 2. The van der Waals surface area contributed by atoms with E-state index < -0.39 is 12.0 Å². The van der Waals surface area contributed by atoms with E-state index in [1.807, 2.05) is 18.2 Å². The third kappa shape index (κ3) is 5.89. The summed E-state index contributed by atoms with van der Waals surface area (Å²) >= 11 is 0. The molecule has 0 bridgehead atoms. The second kappa shape index (κ2) is 11.7. The molecule has 1 fully saturated rings. The van der Waals surface area contributed by atoms with Gasteiger partial charge in [0, 0.05) is 51.9 Å². The Labute approximate surface area is 206 Å². The summed E-state index contributed by atoms with van der Waals surface area (Å²) in [5.74, 6) is -1.23. The number of halogens is 1. The summed E-state index contributed by atoms with van der Waals surface area (Å²) in [6.07, 6.45) is 0.858. The van der Waals surface area contributed by atoms with Gasteiger partial charge in [0.1, 0.15) is 5.82 Å². The lowest BCUT2D eigenvalue weighted by Crippen LogP contribution is -2.49. The fourth-order valence-corrected chi connectivity index (χ4v) is 5.04. The van der Waals surface area contributed by atoms with Gasteiger partial charge in [0.05, 0.1) is 18.6 Å². The average molecular weight is 483 g/mol. The smallest absolute Gasteiger partial charge is 0.254 e. The lowest BCUT2D eigenvalue weighted by atomic mass is 9.79. The van der Waals surface area contributed by atoms with Gasteiger partial charge in [-0.25, -0.2) is 4.39 Å². The van der Waals surface area contributed by atoms with Crippen LogP contribution in [0.2, 0.25) is 0 Å². The minimum atomic E-state index is -0.602. The molecular formula is C27H35FN4O3. The Morgan fingerprint density at radius 3 is 2.49 bits per heavy atom. The first-order chi connectivity index (χ1) is 17.0. The molecule has 2 aliphatic rings. The number of hydrogen-bond donors (Lipinski definition) is 1. The van der Waals surface area contributed by atoms with Gasteiger partial charge < -0.3 is 24.8 Å². The van der Waals surface area contributed by atoms with Crippen molar-refractivity contribution in [1.82, 2.24) is 20.0 Å². The number of nitrogens with zero attached hydrogens (tertiary/aromatic N) is 3. The van der Waals surface area contributed by atoms with Crippen LogP contribution in [0.1, 0.15) is 39.9 Å². The Kier molecular flexibility index (Phi) is 8.49. The van der Waals surface area contributed by atoms with Crippen LogP contribution in [0.15, 0.2) is 48.5 Å². The zero-order valence-corrected chi connectivity index (χ0v) is 20.6. The molecule has 2 atom stereocenters. The molecule has 2 unspecified atom stereocenters. The van der Waals surface area contributed by atoms with E-state index in [-0.39, 0.29) is 17.6 Å². The van der Waals surface area contributed by atoms with Crippen molar-refractivity contribution in [2.24, 2.45) is 0 Å². The highest BCUT2D eigenvalue weighted by atomic mass is 19.1. The van der Waals surface area contributed by atoms with Gasteiger partial charge in [0.25, 0.3) is 5.91 Å². The lowest BCUT2D eigenvalue weighted by molar-refractivity contribution is -0.124. The van der Waals surface area contributed by atoms with Crippen LogP contribution in [0, 0.1) is 5.82 Å². The van der Waals surface area contributed by atoms with Gasteiger partial charge in [0.2, 0.25) is 5.91 Å². The predicted molar refractivity (Wildman–Crippen MR) is 133 cm³/mol. The van der Waals surface area contributed by atoms with Crippen molar-refractivity contribution in [2.75, 3.05) is 66.6 Å². The number of piperazine rings is 1. The Hall–Kier alpha value is -2.81. The Bertz CT molecular complexity index is 1010. The number of rotatable bonds is 9. The van der Waals surface area contributed by atoms with Gasteiger partial charge in [-0.3, -0.25) is 9.59 Å². The summed E-state index contributed by atoms with van der Waals surface area (Å²) in [6, 6.07) is 12.8. The third-order valence-corrected chi connectivity index (χ3v) is 7.02. The Balaban J connectivity index is 1.55. The standard InChI is InChI=1S/C27H35FN4O3/c1-30-14-16-31(17-15-30)13-5-12-29-26(33)24-22-6-3-4-7-23(22)27(34)32(18-19-35-2)25(24)20-8-10-21(28)11-9-20/h3-4,6-11,24-25H,5,12-19H2,1-2H3,(H,29,33). The van der Waals surface area contributed by atoms with E-state index in [1.54, 1.807) is 30.2 Å². The molecule has 7 nitrogen and oxygen atoms in total. The van der Waals surface area contributed by atoms with Crippen LogP contribution in [-0.2, 0) is 9.53 Å². The summed E-state index contributed by atoms with van der Waals surface area (Å²) < 4.78 is 19.0. The second-order valence-corrected chi connectivity index (χ2v) is 9.34. The molecule has 1 saturated heterocycles. The first-order valence-corrected chi connectivity index (χ1v) is 12.3. The normalized spacial score (nSPS) is 21.1. The number of amides is 2. The molecule has 188 valence electrons. The molecule has 2 aromatic carbocycles. The fourth-order valence-electron chi connectivity index (χ4n) is 5.04. The van der Waals surface area contributed by atoms with E-state index in [2.05, 4.69) is 22.2 Å². The van der Waals surface area contributed by atoms with Gasteiger partial charge in [-0.15, -0.1) is 0 Å². The molecule has 2 aromatic rings. The van der Waals surface area contributed by atoms with Crippen molar-refractivity contribution in [3.05, 3.63) is 71.0 Å². The van der Waals surface area contributed by atoms with Crippen LogP contribution >= 0.6 is 0 Å². The summed E-state index contributed by atoms with van der Waals surface area (Å²) in [5.41, 5.74) is 1.96. The van der Waals surface area contributed by atoms with Crippen molar-refractivity contribution in [2.45, 2.75) is 18.4 Å². The monoisotopic (exact) mass is 482 g/mol. The first kappa shape index (κ1) is 25.3. The molecule has 2 aliphatic heterocycles. The highest BCUT2D eigenvalue weighted by Gasteiger charge is 2.43. The minimum Gasteiger partial charge on any atom is -0.383 e. The highest BCUT2D eigenvalue weighted by Crippen LogP contribution is 2.42.